The van der Waals surface area contributed by atoms with E-state index >= 15 is 0 Å². The predicted molar refractivity (Wildman–Crippen MR) is 63.3 cm³/mol. The van der Waals surface area contributed by atoms with Gasteiger partial charge in [-0.2, -0.15) is 92.2 Å². The van der Waals surface area contributed by atoms with Crippen LogP contribution in [0.5, 0.6) is 0 Å². The molecule has 2 nitrogen and oxygen atoms in total. The number of hydrogen-bond donors (Lipinski definition) is 0. The smallest absolute Gasteiger partial charge is 0.337 e. The third-order valence-corrected chi connectivity index (χ3v) is 3.66. The van der Waals surface area contributed by atoms with Gasteiger partial charge in [0.1, 0.15) is 0 Å². The van der Waals surface area contributed by atoms with Gasteiger partial charge in [-0.3, -0.25) is 4.74 Å². The van der Waals surface area contributed by atoms with E-state index in [4.69, 9.17) is 0 Å². The van der Waals surface area contributed by atoms with E-state index < -0.39 is 66.6 Å². The highest BCUT2D eigenvalue weighted by molar-refractivity contribution is 5.13. The molecule has 23 heteroatoms. The van der Waals surface area contributed by atoms with Gasteiger partial charge in [-0.05, 0) is 6.92 Å². The molecule has 0 rings (SSSR count). The van der Waals surface area contributed by atoms with E-state index in [0.717, 1.165) is 0 Å². The molecule has 0 aliphatic rings. The molecule has 0 aromatic heterocycles. The van der Waals surface area contributed by atoms with Gasteiger partial charge in [-0.1, -0.05) is 0 Å². The average Bonchev–Trinajstić information content (AvgIpc) is 2.57. The molecule has 35 heavy (non-hydrogen) atoms. The van der Waals surface area contributed by atoms with Gasteiger partial charge in [0.2, 0.25) is 0 Å². The monoisotopic (exact) mass is 580 g/mol. The molecule has 0 bridgehead atoms. The summed E-state index contributed by atoms with van der Waals surface area (Å²) in [4.78, 5) is 0. The van der Waals surface area contributed by atoms with Crippen molar-refractivity contribution in [3.8, 4) is 0 Å². The van der Waals surface area contributed by atoms with E-state index in [2.05, 4.69) is 4.74 Å². The van der Waals surface area contributed by atoms with E-state index in [-0.39, 0.29) is 6.92 Å². The highest BCUT2D eigenvalue weighted by Gasteiger charge is 2.95. The average molecular weight is 580 g/mol. The van der Waals surface area contributed by atoms with Crippen molar-refractivity contribution in [3.63, 3.8) is 0 Å². The maximum absolute atomic E-state index is 14.5. The molecule has 0 saturated carbocycles. The van der Waals surface area contributed by atoms with Gasteiger partial charge in [0.15, 0.2) is 0 Å². The molecule has 0 aliphatic carbocycles. The molecule has 0 N–H and O–H groups in total. The summed E-state index contributed by atoms with van der Waals surface area (Å²) >= 11 is 0. The molecule has 0 saturated heterocycles. The Morgan fingerprint density at radius 1 is 0.400 bits per heavy atom. The fourth-order valence-corrected chi connectivity index (χ4v) is 1.87. The normalized spacial score (nSPS) is 19.4. The van der Waals surface area contributed by atoms with Gasteiger partial charge in [-0.25, -0.2) is 0 Å². The SMILES string of the molecule is CCOC(F)(C(F)(F)C(F)(F)C(F)(F)C(F)(F)F)C(F)(OC(F)(F)C(F)(F)C(F)(F)F)C(F)(F)F. The number of hydrogen-bond acceptors (Lipinski definition) is 2. The summed E-state index contributed by atoms with van der Waals surface area (Å²) < 4.78 is 276. The zero-order valence-corrected chi connectivity index (χ0v) is 15.5. The van der Waals surface area contributed by atoms with Gasteiger partial charge in [0.05, 0.1) is 0 Å². The first-order chi connectivity index (χ1) is 14.8. The molecule has 212 valence electrons. The van der Waals surface area contributed by atoms with E-state index in [1.54, 1.807) is 0 Å². The van der Waals surface area contributed by atoms with Crippen molar-refractivity contribution < 1.29 is 102 Å². The van der Waals surface area contributed by atoms with Gasteiger partial charge < -0.3 is 4.74 Å². The molecule has 0 heterocycles. The van der Waals surface area contributed by atoms with E-state index in [1.165, 1.54) is 4.74 Å². The van der Waals surface area contributed by atoms with Crippen molar-refractivity contribution in [2.75, 3.05) is 6.61 Å². The van der Waals surface area contributed by atoms with Gasteiger partial charge in [0, 0.05) is 6.61 Å². The van der Waals surface area contributed by atoms with Crippen LogP contribution in [0.4, 0.5) is 92.2 Å². The summed E-state index contributed by atoms with van der Waals surface area (Å²) in [6, 6.07) is 0. The van der Waals surface area contributed by atoms with Crippen LogP contribution in [-0.4, -0.2) is 66.6 Å². The molecule has 0 aliphatic heterocycles. The lowest BCUT2D eigenvalue weighted by Gasteiger charge is -2.47. The topological polar surface area (TPSA) is 18.5 Å². The van der Waals surface area contributed by atoms with Crippen LogP contribution in [0.1, 0.15) is 6.92 Å². The second-order valence-corrected chi connectivity index (χ2v) is 6.03. The third kappa shape index (κ3) is 4.65. The standard InChI is InChI=1S/C12H5F21O2/c1-2-34-7(21,4(15,16)3(13,14)5(17,18)9(23,24)25)8(22,11(29,30)31)35-12(32,33)6(19,20)10(26,27)28/h2H2,1H3. The Morgan fingerprint density at radius 3 is 1.00 bits per heavy atom. The van der Waals surface area contributed by atoms with Crippen molar-refractivity contribution in [1.29, 1.82) is 0 Å². The van der Waals surface area contributed by atoms with Crippen molar-refractivity contribution in [2.24, 2.45) is 0 Å². The fraction of sp³-hybridized carbons (Fsp3) is 1.00. The van der Waals surface area contributed by atoms with Crippen LogP contribution in [0.25, 0.3) is 0 Å². The maximum Gasteiger partial charge on any atom is 0.462 e. The zero-order chi connectivity index (χ0) is 29.1. The molecule has 2 atom stereocenters. The molecule has 0 fully saturated rings. The van der Waals surface area contributed by atoms with Crippen molar-refractivity contribution in [2.45, 2.75) is 67.0 Å². The van der Waals surface area contributed by atoms with Crippen LogP contribution >= 0.6 is 0 Å². The first-order valence-electron chi connectivity index (χ1n) is 7.58. The van der Waals surface area contributed by atoms with Crippen LogP contribution in [-0.2, 0) is 9.47 Å². The minimum atomic E-state index is -8.66. The Balaban J connectivity index is 7.44. The van der Waals surface area contributed by atoms with Crippen LogP contribution in [0.2, 0.25) is 0 Å². The highest BCUT2D eigenvalue weighted by atomic mass is 19.4. The second kappa shape index (κ2) is 8.50. The van der Waals surface area contributed by atoms with Crippen LogP contribution in [0, 0.1) is 0 Å². The first-order valence-corrected chi connectivity index (χ1v) is 7.58. The second-order valence-electron chi connectivity index (χ2n) is 6.03. The molecule has 2 unspecified atom stereocenters. The molecular formula is C12H5F21O2. The molecule has 0 radical (unpaired) electrons. The van der Waals surface area contributed by atoms with Crippen LogP contribution < -0.4 is 0 Å². The summed E-state index contributed by atoms with van der Waals surface area (Å²) in [5.74, 6) is -50.3. The van der Waals surface area contributed by atoms with E-state index in [9.17, 15) is 92.2 Å². The Kier molecular flexibility index (Phi) is 8.12. The molecule has 0 spiro atoms. The minimum absolute atomic E-state index is 0.149. The summed E-state index contributed by atoms with van der Waals surface area (Å²) in [6.45, 7) is -2.62. The predicted octanol–water partition coefficient (Wildman–Crippen LogP) is 7.19. The van der Waals surface area contributed by atoms with Gasteiger partial charge >= 0.3 is 60.0 Å². The first kappa shape index (κ1) is 33.4. The Hall–Kier alpha value is -1.55. The molecular weight excluding hydrogens is 575 g/mol. The van der Waals surface area contributed by atoms with Crippen LogP contribution in [0.3, 0.4) is 0 Å². The molecule has 0 amide bonds. The van der Waals surface area contributed by atoms with E-state index in [1.807, 2.05) is 0 Å². The van der Waals surface area contributed by atoms with Gasteiger partial charge in [-0.15, -0.1) is 0 Å². The number of alkyl halides is 21. The lowest BCUT2D eigenvalue weighted by Crippen LogP contribution is -2.77. The summed E-state index contributed by atoms with van der Waals surface area (Å²) in [5.41, 5.74) is 0. The van der Waals surface area contributed by atoms with E-state index in [0.29, 0.717) is 0 Å². The fourth-order valence-electron chi connectivity index (χ4n) is 1.87. The largest absolute Gasteiger partial charge is 0.462 e. The summed E-state index contributed by atoms with van der Waals surface area (Å²) in [7, 11) is 0. The quantitative estimate of drug-likeness (QED) is 0.269. The Morgan fingerprint density at radius 2 is 0.743 bits per heavy atom. The van der Waals surface area contributed by atoms with Crippen molar-refractivity contribution in [3.05, 3.63) is 0 Å². The van der Waals surface area contributed by atoms with Crippen LogP contribution in [0.15, 0.2) is 0 Å². The molecule has 0 aromatic carbocycles. The van der Waals surface area contributed by atoms with Crippen molar-refractivity contribution in [1.82, 2.24) is 0 Å². The van der Waals surface area contributed by atoms with Gasteiger partial charge in [0.25, 0.3) is 0 Å². The number of halogens is 21. The molecule has 0 aromatic rings. The summed E-state index contributed by atoms with van der Waals surface area (Å²) in [6.07, 6.45) is -32.1. The number of rotatable bonds is 9. The summed E-state index contributed by atoms with van der Waals surface area (Å²) in [5, 5.41) is 0. The Labute approximate surface area is 176 Å². The zero-order valence-electron chi connectivity index (χ0n) is 15.5. The lowest BCUT2D eigenvalue weighted by atomic mass is 9.91. The number of ether oxygens (including phenoxy) is 2. The maximum atomic E-state index is 14.5. The third-order valence-electron chi connectivity index (χ3n) is 3.66. The highest BCUT2D eigenvalue weighted by Crippen LogP contribution is 2.64. The van der Waals surface area contributed by atoms with Crippen molar-refractivity contribution >= 4 is 0 Å². The lowest BCUT2D eigenvalue weighted by molar-refractivity contribution is -0.546. The minimum Gasteiger partial charge on any atom is -0.337 e. The Bertz CT molecular complexity index is 747.